The summed E-state index contributed by atoms with van der Waals surface area (Å²) in [6.45, 7) is 5.75. The number of benzene rings is 1. The molecule has 134 valence electrons. The predicted octanol–water partition coefficient (Wildman–Crippen LogP) is 1.43. The van der Waals surface area contributed by atoms with E-state index < -0.39 is 10.0 Å². The van der Waals surface area contributed by atoms with Gasteiger partial charge in [0.25, 0.3) is 0 Å². The average Bonchev–Trinajstić information content (AvgIpc) is 2.46. The van der Waals surface area contributed by atoms with Crippen molar-refractivity contribution in [1.29, 1.82) is 0 Å². The Hall–Kier alpha value is -1.93. The zero-order valence-corrected chi connectivity index (χ0v) is 15.3. The molecule has 24 heavy (non-hydrogen) atoms. The molecule has 1 aromatic rings. The number of anilines is 1. The summed E-state index contributed by atoms with van der Waals surface area (Å²) in [5.41, 5.74) is 0.510. The van der Waals surface area contributed by atoms with Crippen LogP contribution in [0.25, 0.3) is 0 Å². The number of likely N-dealkylation sites (N-methyl/N-ethyl adjacent to an activating group) is 1. The Morgan fingerprint density at radius 2 is 1.75 bits per heavy atom. The third kappa shape index (κ3) is 6.29. The third-order valence-corrected chi connectivity index (χ3v) is 5.11. The minimum absolute atomic E-state index is 0.0640. The van der Waals surface area contributed by atoms with Crippen LogP contribution in [0.5, 0.6) is 0 Å². The van der Waals surface area contributed by atoms with Gasteiger partial charge in [0.05, 0.1) is 11.4 Å². The Labute approximate surface area is 143 Å². The second-order valence-corrected chi connectivity index (χ2v) is 8.04. The van der Waals surface area contributed by atoms with Gasteiger partial charge >= 0.3 is 0 Å². The molecule has 1 aromatic carbocycles. The number of nitrogens with zero attached hydrogens (tertiary/aromatic N) is 1. The van der Waals surface area contributed by atoms with Gasteiger partial charge in [0.1, 0.15) is 0 Å². The van der Waals surface area contributed by atoms with Gasteiger partial charge in [-0.1, -0.05) is 13.8 Å². The largest absolute Gasteiger partial charge is 0.355 e. The van der Waals surface area contributed by atoms with Gasteiger partial charge in [-0.3, -0.25) is 9.59 Å². The van der Waals surface area contributed by atoms with E-state index >= 15 is 0 Å². The van der Waals surface area contributed by atoms with Crippen LogP contribution < -0.4 is 10.6 Å². The van der Waals surface area contributed by atoms with E-state index in [9.17, 15) is 18.0 Å². The first kappa shape index (κ1) is 20.1. The Kier molecular flexibility index (Phi) is 7.37. The number of rotatable bonds is 8. The molecule has 0 atom stereocenters. The quantitative estimate of drug-likeness (QED) is 0.737. The molecule has 2 N–H and O–H groups in total. The van der Waals surface area contributed by atoms with Crippen LogP contribution in [0.2, 0.25) is 0 Å². The number of carbonyl (C=O) groups excluding carboxylic acids is 2. The monoisotopic (exact) mass is 355 g/mol. The molecule has 0 bridgehead atoms. The number of hydrogen-bond donors (Lipinski definition) is 2. The van der Waals surface area contributed by atoms with Crippen LogP contribution in [0, 0.1) is 5.92 Å². The summed E-state index contributed by atoms with van der Waals surface area (Å²) in [4.78, 5) is 22.9. The van der Waals surface area contributed by atoms with E-state index in [1.807, 2.05) is 13.8 Å². The topological polar surface area (TPSA) is 95.6 Å². The van der Waals surface area contributed by atoms with E-state index in [1.165, 1.54) is 38.2 Å². The van der Waals surface area contributed by atoms with Crippen molar-refractivity contribution in [2.75, 3.05) is 25.5 Å². The van der Waals surface area contributed by atoms with Crippen LogP contribution in [-0.2, 0) is 19.6 Å². The normalized spacial score (nSPS) is 11.6. The van der Waals surface area contributed by atoms with Gasteiger partial charge in [-0.05, 0) is 36.6 Å². The van der Waals surface area contributed by atoms with Crippen LogP contribution in [0.15, 0.2) is 29.2 Å². The number of amides is 2. The van der Waals surface area contributed by atoms with Crippen LogP contribution in [0.1, 0.15) is 27.2 Å². The first-order valence-electron chi connectivity index (χ1n) is 7.73. The third-order valence-electron chi connectivity index (χ3n) is 3.29. The minimum atomic E-state index is -3.76. The predicted molar refractivity (Wildman–Crippen MR) is 93.0 cm³/mol. The lowest BCUT2D eigenvalue weighted by molar-refractivity contribution is -0.121. The van der Waals surface area contributed by atoms with Crippen molar-refractivity contribution in [3.05, 3.63) is 24.3 Å². The maximum atomic E-state index is 12.4. The molecule has 0 heterocycles. The van der Waals surface area contributed by atoms with Crippen molar-refractivity contribution in [2.24, 2.45) is 5.92 Å². The molecule has 0 spiro atoms. The highest BCUT2D eigenvalue weighted by Gasteiger charge is 2.22. The maximum absolute atomic E-state index is 12.4. The number of nitrogens with one attached hydrogen (secondary N) is 2. The average molecular weight is 355 g/mol. The second-order valence-electron chi connectivity index (χ2n) is 6.00. The first-order chi connectivity index (χ1) is 11.1. The molecule has 0 fully saturated rings. The lowest BCUT2D eigenvalue weighted by atomic mass is 10.1. The Morgan fingerprint density at radius 1 is 1.17 bits per heavy atom. The van der Waals surface area contributed by atoms with Crippen LogP contribution in [-0.4, -0.2) is 44.7 Å². The lowest BCUT2D eigenvalue weighted by Gasteiger charge is -2.17. The molecule has 0 aromatic heterocycles. The standard InChI is InChI=1S/C16H25N3O4S/c1-12(2)9-10-17-16(21)11-19(4)24(22,23)15-7-5-14(6-8-15)18-13(3)20/h5-8,12H,9-11H2,1-4H3,(H,17,21)(H,18,20). The number of carbonyl (C=O) groups is 2. The Bertz CT molecular complexity index is 669. The van der Waals surface area contributed by atoms with E-state index in [0.29, 0.717) is 18.2 Å². The van der Waals surface area contributed by atoms with Gasteiger partial charge in [-0.15, -0.1) is 0 Å². The van der Waals surface area contributed by atoms with Crippen LogP contribution in [0.4, 0.5) is 5.69 Å². The highest BCUT2D eigenvalue weighted by atomic mass is 32.2. The smallest absolute Gasteiger partial charge is 0.243 e. The molecular formula is C16H25N3O4S. The minimum Gasteiger partial charge on any atom is -0.355 e. The summed E-state index contributed by atoms with van der Waals surface area (Å²) in [5.74, 6) is -0.105. The summed E-state index contributed by atoms with van der Waals surface area (Å²) >= 11 is 0. The molecule has 0 saturated carbocycles. The molecular weight excluding hydrogens is 330 g/mol. The summed E-state index contributed by atoms with van der Waals surface area (Å²) in [6.07, 6.45) is 0.840. The van der Waals surface area contributed by atoms with Gasteiger partial charge in [0, 0.05) is 26.2 Å². The number of hydrogen-bond acceptors (Lipinski definition) is 4. The van der Waals surface area contributed by atoms with E-state index in [-0.39, 0.29) is 23.3 Å². The van der Waals surface area contributed by atoms with Crippen LogP contribution >= 0.6 is 0 Å². The zero-order valence-electron chi connectivity index (χ0n) is 14.5. The molecule has 0 aliphatic rings. The molecule has 0 unspecified atom stereocenters. The Morgan fingerprint density at radius 3 is 2.25 bits per heavy atom. The van der Waals surface area contributed by atoms with Crippen molar-refractivity contribution in [1.82, 2.24) is 9.62 Å². The fraction of sp³-hybridized carbons (Fsp3) is 0.500. The number of sulfonamides is 1. The summed E-state index contributed by atoms with van der Waals surface area (Å²) in [7, 11) is -2.40. The van der Waals surface area contributed by atoms with E-state index in [2.05, 4.69) is 10.6 Å². The molecule has 1 rings (SSSR count). The lowest BCUT2D eigenvalue weighted by Crippen LogP contribution is -2.38. The van der Waals surface area contributed by atoms with Gasteiger partial charge in [-0.2, -0.15) is 4.31 Å². The van der Waals surface area contributed by atoms with E-state index in [4.69, 9.17) is 0 Å². The van der Waals surface area contributed by atoms with Crippen LogP contribution in [0.3, 0.4) is 0 Å². The van der Waals surface area contributed by atoms with Crippen molar-refractivity contribution in [2.45, 2.75) is 32.1 Å². The zero-order chi connectivity index (χ0) is 18.3. The van der Waals surface area contributed by atoms with Gasteiger partial charge < -0.3 is 10.6 Å². The van der Waals surface area contributed by atoms with Gasteiger partial charge in [0.15, 0.2) is 0 Å². The molecule has 8 heteroatoms. The van der Waals surface area contributed by atoms with Crippen molar-refractivity contribution in [3.63, 3.8) is 0 Å². The summed E-state index contributed by atoms with van der Waals surface area (Å²) in [6, 6.07) is 5.80. The highest BCUT2D eigenvalue weighted by molar-refractivity contribution is 7.89. The fourth-order valence-corrected chi connectivity index (χ4v) is 3.06. The van der Waals surface area contributed by atoms with Crippen molar-refractivity contribution >= 4 is 27.5 Å². The molecule has 7 nitrogen and oxygen atoms in total. The first-order valence-corrected chi connectivity index (χ1v) is 9.17. The summed E-state index contributed by atoms with van der Waals surface area (Å²) in [5, 5.41) is 5.27. The van der Waals surface area contributed by atoms with E-state index in [0.717, 1.165) is 10.7 Å². The summed E-state index contributed by atoms with van der Waals surface area (Å²) < 4.78 is 25.9. The molecule has 0 aliphatic heterocycles. The second kappa shape index (κ2) is 8.79. The van der Waals surface area contributed by atoms with Crippen molar-refractivity contribution < 1.29 is 18.0 Å². The molecule has 0 aliphatic carbocycles. The fourth-order valence-electron chi connectivity index (χ4n) is 1.94. The SMILES string of the molecule is CC(=O)Nc1ccc(S(=O)(=O)N(C)CC(=O)NCCC(C)C)cc1. The maximum Gasteiger partial charge on any atom is 0.243 e. The molecule has 0 saturated heterocycles. The van der Waals surface area contributed by atoms with Crippen molar-refractivity contribution in [3.8, 4) is 0 Å². The Balaban J connectivity index is 2.69. The molecule has 2 amide bonds. The van der Waals surface area contributed by atoms with E-state index in [1.54, 1.807) is 0 Å². The molecule has 0 radical (unpaired) electrons. The van der Waals surface area contributed by atoms with Gasteiger partial charge in [-0.25, -0.2) is 8.42 Å². The van der Waals surface area contributed by atoms with Gasteiger partial charge in [0.2, 0.25) is 21.8 Å². The highest BCUT2D eigenvalue weighted by Crippen LogP contribution is 2.17.